The summed E-state index contributed by atoms with van der Waals surface area (Å²) in [7, 11) is 0. The van der Waals surface area contributed by atoms with Gasteiger partial charge in [-0.3, -0.25) is 14.5 Å². The molecule has 1 amide bonds. The maximum absolute atomic E-state index is 12.2. The van der Waals surface area contributed by atoms with Crippen molar-refractivity contribution in [3.8, 4) is 0 Å². The molecule has 0 spiro atoms. The third kappa shape index (κ3) is 2.45. The average Bonchev–Trinajstić information content (AvgIpc) is 2.64. The molecule has 1 aromatic carbocycles. The van der Waals surface area contributed by atoms with Crippen LogP contribution in [-0.2, 0) is 11.3 Å². The molecule has 2 heterocycles. The van der Waals surface area contributed by atoms with Crippen molar-refractivity contribution in [3.05, 3.63) is 51.0 Å². The van der Waals surface area contributed by atoms with E-state index in [1.54, 1.807) is 31.2 Å². The number of anilines is 1. The molecular weight excluding hydrogens is 358 g/mol. The fourth-order valence-corrected chi connectivity index (χ4v) is 3.05. The molecule has 0 N–H and O–H groups in total. The second kappa shape index (κ2) is 5.20. The quantitative estimate of drug-likeness (QED) is 0.605. The first kappa shape index (κ1) is 14.2. The van der Waals surface area contributed by atoms with Crippen molar-refractivity contribution < 1.29 is 9.59 Å². The number of nitrogens with zero attached hydrogens (tertiary/aromatic N) is 3. The highest BCUT2D eigenvalue weighted by Gasteiger charge is 2.37. The Bertz CT molecular complexity index is 759. The molecule has 2 aromatic rings. The molecule has 0 aliphatic carbocycles. The number of carbonyl (C=O) groups is 2. The van der Waals surface area contributed by atoms with Gasteiger partial charge in [-0.15, -0.1) is 0 Å². The van der Waals surface area contributed by atoms with Crippen LogP contribution < -0.4 is 4.90 Å². The molecule has 5 nitrogen and oxygen atoms in total. The molecule has 1 aromatic heterocycles. The lowest BCUT2D eigenvalue weighted by molar-refractivity contribution is -0.114. The largest absolute Gasteiger partial charge is 0.299 e. The minimum Gasteiger partial charge on any atom is -0.297 e. The highest BCUT2D eigenvalue weighted by atomic mass is 79.9. The van der Waals surface area contributed by atoms with Crippen molar-refractivity contribution in [3.63, 3.8) is 0 Å². The molecule has 7 heteroatoms. The number of hydrogen-bond donors (Lipinski definition) is 0. The Morgan fingerprint density at radius 2 is 2.05 bits per heavy atom. The van der Waals surface area contributed by atoms with Crippen LogP contribution in [0.15, 0.2) is 28.7 Å². The van der Waals surface area contributed by atoms with Gasteiger partial charge in [0.2, 0.25) is 0 Å². The minimum atomic E-state index is -0.585. The topological polar surface area (TPSA) is 63.2 Å². The van der Waals surface area contributed by atoms with Crippen LogP contribution in [0.3, 0.4) is 0 Å². The second-order valence-corrected chi connectivity index (χ2v) is 5.84. The summed E-state index contributed by atoms with van der Waals surface area (Å²) in [6.45, 7) is 1.90. The van der Waals surface area contributed by atoms with E-state index in [1.807, 2.05) is 0 Å². The smallest absolute Gasteiger partial charge is 0.297 e. The Morgan fingerprint density at radius 1 is 1.29 bits per heavy atom. The van der Waals surface area contributed by atoms with Crippen molar-refractivity contribution in [2.45, 2.75) is 13.5 Å². The number of aromatic nitrogens is 2. The fourth-order valence-electron chi connectivity index (χ4n) is 2.26. The van der Waals surface area contributed by atoms with Gasteiger partial charge in [-0.05, 0) is 41.1 Å². The molecule has 0 fully saturated rings. The van der Waals surface area contributed by atoms with Crippen molar-refractivity contribution in [2.24, 2.45) is 0 Å². The van der Waals surface area contributed by atoms with E-state index in [0.29, 0.717) is 32.4 Å². The van der Waals surface area contributed by atoms with Gasteiger partial charge >= 0.3 is 0 Å². The number of hydrogen-bond acceptors (Lipinski definition) is 4. The molecule has 3 rings (SSSR count). The highest BCUT2D eigenvalue weighted by Crippen LogP contribution is 2.34. The molecule has 1 aliphatic heterocycles. The fraction of sp³-hybridized carbons (Fsp3) is 0.143. The molecule has 0 saturated heterocycles. The molecule has 0 bridgehead atoms. The molecule has 106 valence electrons. The zero-order chi connectivity index (χ0) is 15.1. The number of ketones is 1. The van der Waals surface area contributed by atoms with Crippen molar-refractivity contribution in [1.29, 1.82) is 0 Å². The summed E-state index contributed by atoms with van der Waals surface area (Å²) in [5.74, 6) is -0.719. The average molecular weight is 367 g/mol. The predicted molar refractivity (Wildman–Crippen MR) is 81.4 cm³/mol. The number of benzene rings is 1. The Labute approximate surface area is 134 Å². The molecule has 0 atom stereocenters. The minimum absolute atomic E-state index is 0.107. The van der Waals surface area contributed by atoms with Gasteiger partial charge in [-0.1, -0.05) is 17.7 Å². The van der Waals surface area contributed by atoms with Crippen LogP contribution in [0.1, 0.15) is 21.9 Å². The van der Waals surface area contributed by atoms with E-state index in [-0.39, 0.29) is 6.54 Å². The molecular formula is C14H9BrClN3O2. The summed E-state index contributed by atoms with van der Waals surface area (Å²) in [6, 6.07) is 6.85. The predicted octanol–water partition coefficient (Wildman–Crippen LogP) is 2.93. The Balaban J connectivity index is 2.02. The molecule has 0 saturated carbocycles. The van der Waals surface area contributed by atoms with E-state index in [2.05, 4.69) is 25.9 Å². The number of carbonyl (C=O) groups excluding carboxylic acids is 2. The van der Waals surface area contributed by atoms with Crippen molar-refractivity contribution in [2.75, 3.05) is 4.90 Å². The maximum Gasteiger partial charge on any atom is 0.299 e. The SMILES string of the molecule is Cc1cc(Cl)nc(CN2C(=O)C(=O)c3c(Br)cccc32)n1. The zero-order valence-corrected chi connectivity index (χ0v) is 13.3. The number of rotatable bonds is 2. The van der Waals surface area contributed by atoms with Crippen LogP contribution in [0, 0.1) is 6.92 Å². The lowest BCUT2D eigenvalue weighted by atomic mass is 10.1. The third-order valence-corrected chi connectivity index (χ3v) is 3.97. The van der Waals surface area contributed by atoms with Crippen molar-refractivity contribution >= 4 is 44.9 Å². The first-order valence-corrected chi connectivity index (χ1v) is 7.29. The van der Waals surface area contributed by atoms with Gasteiger partial charge in [-0.2, -0.15) is 0 Å². The number of fused-ring (bicyclic) bond motifs is 1. The summed E-state index contributed by atoms with van der Waals surface area (Å²) in [4.78, 5) is 33.9. The van der Waals surface area contributed by atoms with E-state index in [4.69, 9.17) is 11.6 Å². The van der Waals surface area contributed by atoms with Crippen LogP contribution in [0.2, 0.25) is 5.15 Å². The number of aryl methyl sites for hydroxylation is 1. The number of amides is 1. The lowest BCUT2D eigenvalue weighted by Crippen LogP contribution is -2.30. The Hall–Kier alpha value is -1.79. The normalized spacial score (nSPS) is 13.8. The molecule has 21 heavy (non-hydrogen) atoms. The van der Waals surface area contributed by atoms with Gasteiger partial charge in [0.1, 0.15) is 11.0 Å². The molecule has 0 radical (unpaired) electrons. The lowest BCUT2D eigenvalue weighted by Gasteiger charge is -2.15. The monoisotopic (exact) mass is 365 g/mol. The maximum atomic E-state index is 12.2. The van der Waals surface area contributed by atoms with Crippen LogP contribution >= 0.6 is 27.5 Å². The Kier molecular flexibility index (Phi) is 3.51. The number of halogens is 2. The summed E-state index contributed by atoms with van der Waals surface area (Å²) < 4.78 is 0.601. The summed E-state index contributed by atoms with van der Waals surface area (Å²) in [6.07, 6.45) is 0. The zero-order valence-electron chi connectivity index (χ0n) is 10.9. The van der Waals surface area contributed by atoms with Crippen LogP contribution in [0.4, 0.5) is 5.69 Å². The second-order valence-electron chi connectivity index (χ2n) is 4.60. The van der Waals surface area contributed by atoms with E-state index in [9.17, 15) is 9.59 Å². The summed E-state index contributed by atoms with van der Waals surface area (Å²) in [5, 5.41) is 0.310. The van der Waals surface area contributed by atoms with E-state index < -0.39 is 11.7 Å². The van der Waals surface area contributed by atoms with Crippen LogP contribution in [-0.4, -0.2) is 21.7 Å². The first-order chi connectivity index (χ1) is 9.97. The van der Waals surface area contributed by atoms with E-state index >= 15 is 0 Å². The number of Topliss-reactive ketones (excluding diaryl/α,β-unsaturated/α-hetero) is 1. The van der Waals surface area contributed by atoms with Gasteiger partial charge < -0.3 is 0 Å². The first-order valence-electron chi connectivity index (χ1n) is 6.12. The van der Waals surface area contributed by atoms with E-state index in [0.717, 1.165) is 0 Å². The van der Waals surface area contributed by atoms with Crippen LogP contribution in [0.5, 0.6) is 0 Å². The third-order valence-electron chi connectivity index (χ3n) is 3.12. The van der Waals surface area contributed by atoms with Gasteiger partial charge in [0.05, 0.1) is 17.8 Å². The summed E-state index contributed by atoms with van der Waals surface area (Å²) in [5.41, 5.74) is 1.64. The molecule has 0 unspecified atom stereocenters. The highest BCUT2D eigenvalue weighted by molar-refractivity contribution is 9.10. The van der Waals surface area contributed by atoms with Gasteiger partial charge in [0, 0.05) is 10.2 Å². The van der Waals surface area contributed by atoms with Crippen LogP contribution in [0.25, 0.3) is 0 Å². The Morgan fingerprint density at radius 3 is 2.76 bits per heavy atom. The van der Waals surface area contributed by atoms with Gasteiger partial charge in [0.15, 0.2) is 0 Å². The standard InChI is InChI=1S/C14H9BrClN3O2/c1-7-5-10(16)18-11(17-7)6-19-9-4-2-3-8(15)12(9)13(20)14(19)21/h2-5H,6H2,1H3. The van der Waals surface area contributed by atoms with E-state index in [1.165, 1.54) is 4.90 Å². The summed E-state index contributed by atoms with van der Waals surface area (Å²) >= 11 is 9.20. The molecule has 1 aliphatic rings. The van der Waals surface area contributed by atoms with Gasteiger partial charge in [-0.25, -0.2) is 9.97 Å². The van der Waals surface area contributed by atoms with Crippen molar-refractivity contribution in [1.82, 2.24) is 9.97 Å². The van der Waals surface area contributed by atoms with Gasteiger partial charge in [0.25, 0.3) is 11.7 Å².